The fourth-order valence-corrected chi connectivity index (χ4v) is 3.41. The first-order valence-corrected chi connectivity index (χ1v) is 8.90. The number of hydrogen-bond donors (Lipinski definition) is 1. The molecule has 1 aromatic carbocycles. The number of nitrogens with zero attached hydrogens (tertiary/aromatic N) is 6. The molecule has 0 amide bonds. The van der Waals surface area contributed by atoms with Crippen LogP contribution in [0.5, 0.6) is 0 Å². The van der Waals surface area contributed by atoms with Gasteiger partial charge >= 0.3 is 0 Å². The topological polar surface area (TPSA) is 73.5 Å². The maximum absolute atomic E-state index is 4.73. The number of tetrazole rings is 1. The molecule has 25 heavy (non-hydrogen) atoms. The van der Waals surface area contributed by atoms with E-state index < -0.39 is 0 Å². The fraction of sp³-hybridized carbons (Fsp3) is 0.444. The van der Waals surface area contributed by atoms with Gasteiger partial charge in [-0.2, -0.15) is 5.10 Å². The van der Waals surface area contributed by atoms with Gasteiger partial charge in [0.05, 0.1) is 17.4 Å². The normalized spacial score (nSPS) is 16.4. The summed E-state index contributed by atoms with van der Waals surface area (Å²) in [4.78, 5) is 0. The van der Waals surface area contributed by atoms with Crippen LogP contribution < -0.4 is 5.32 Å². The number of nitrogens with one attached hydrogen (secondary N) is 1. The molecular formula is C18H23N7. The van der Waals surface area contributed by atoms with E-state index in [1.807, 2.05) is 12.1 Å². The quantitative estimate of drug-likeness (QED) is 0.749. The predicted octanol–water partition coefficient (Wildman–Crippen LogP) is 2.82. The van der Waals surface area contributed by atoms with Gasteiger partial charge in [-0.05, 0) is 54.0 Å². The summed E-state index contributed by atoms with van der Waals surface area (Å²) in [6, 6.07) is 11.2. The second kappa shape index (κ2) is 7.14. The molecule has 0 radical (unpaired) electrons. The van der Waals surface area contributed by atoms with Crippen molar-refractivity contribution < 1.29 is 0 Å². The van der Waals surface area contributed by atoms with Gasteiger partial charge in [-0.1, -0.05) is 25.0 Å². The summed E-state index contributed by atoms with van der Waals surface area (Å²) in [6.45, 7) is 2.94. The van der Waals surface area contributed by atoms with Crippen molar-refractivity contribution in [3.05, 3.63) is 54.1 Å². The largest absolute Gasteiger partial charge is 0.304 e. The van der Waals surface area contributed by atoms with Gasteiger partial charge in [-0.15, -0.1) is 5.10 Å². The number of aromatic nitrogens is 6. The molecule has 7 heteroatoms. The molecule has 0 saturated heterocycles. The van der Waals surface area contributed by atoms with Gasteiger partial charge in [0.15, 0.2) is 0 Å². The van der Waals surface area contributed by atoms with Crippen LogP contribution in [0.1, 0.15) is 55.9 Å². The van der Waals surface area contributed by atoms with E-state index in [1.54, 1.807) is 11.0 Å². The van der Waals surface area contributed by atoms with Crippen molar-refractivity contribution in [3.63, 3.8) is 0 Å². The number of hydrogen-bond acceptors (Lipinski definition) is 5. The lowest BCUT2D eigenvalue weighted by Gasteiger charge is -2.14. The van der Waals surface area contributed by atoms with Crippen LogP contribution in [-0.4, -0.2) is 30.0 Å². The SMILES string of the molecule is CC(NCc1ccn(C2CCCC2)n1)c1ccc(-n2cnnn2)cc1. The minimum Gasteiger partial charge on any atom is -0.304 e. The van der Waals surface area contributed by atoms with E-state index in [9.17, 15) is 0 Å². The van der Waals surface area contributed by atoms with Crippen LogP contribution in [0.15, 0.2) is 42.9 Å². The zero-order valence-corrected chi connectivity index (χ0v) is 14.4. The number of benzene rings is 1. The minimum absolute atomic E-state index is 0.250. The summed E-state index contributed by atoms with van der Waals surface area (Å²) < 4.78 is 3.80. The fourth-order valence-electron chi connectivity index (χ4n) is 3.41. The van der Waals surface area contributed by atoms with Crippen LogP contribution >= 0.6 is 0 Å². The summed E-state index contributed by atoms with van der Waals surface area (Å²) in [5, 5.41) is 19.5. The Bertz CT molecular complexity index is 785. The molecule has 7 nitrogen and oxygen atoms in total. The highest BCUT2D eigenvalue weighted by molar-refractivity contribution is 5.34. The van der Waals surface area contributed by atoms with Gasteiger partial charge in [0.1, 0.15) is 6.33 Å². The van der Waals surface area contributed by atoms with Crippen molar-refractivity contribution in [3.8, 4) is 5.69 Å². The first-order valence-electron chi connectivity index (χ1n) is 8.90. The van der Waals surface area contributed by atoms with Gasteiger partial charge in [-0.3, -0.25) is 4.68 Å². The first-order chi connectivity index (χ1) is 12.3. The van der Waals surface area contributed by atoms with E-state index >= 15 is 0 Å². The average molecular weight is 337 g/mol. The molecule has 130 valence electrons. The smallest absolute Gasteiger partial charge is 0.143 e. The van der Waals surface area contributed by atoms with E-state index in [-0.39, 0.29) is 6.04 Å². The predicted molar refractivity (Wildman–Crippen MR) is 94.1 cm³/mol. The van der Waals surface area contributed by atoms with Crippen molar-refractivity contribution in [2.45, 2.75) is 51.2 Å². The van der Waals surface area contributed by atoms with Crippen molar-refractivity contribution in [1.29, 1.82) is 0 Å². The molecule has 1 aliphatic carbocycles. The van der Waals surface area contributed by atoms with E-state index in [0.717, 1.165) is 17.9 Å². The van der Waals surface area contributed by atoms with Crippen molar-refractivity contribution in [2.75, 3.05) is 0 Å². The molecule has 0 bridgehead atoms. The lowest BCUT2D eigenvalue weighted by molar-refractivity contribution is 0.458. The molecule has 1 saturated carbocycles. The molecule has 0 aliphatic heterocycles. The van der Waals surface area contributed by atoms with E-state index in [2.05, 4.69) is 56.8 Å². The summed E-state index contributed by atoms with van der Waals surface area (Å²) in [6.07, 6.45) is 8.90. The standard InChI is InChI=1S/C18H23N7/c1-14(15-6-8-18(9-7-15)25-13-20-22-23-25)19-12-16-10-11-24(21-16)17-4-2-3-5-17/h6-11,13-14,17,19H,2-5,12H2,1H3. The minimum atomic E-state index is 0.250. The van der Waals surface area contributed by atoms with Crippen LogP contribution in [-0.2, 0) is 6.54 Å². The van der Waals surface area contributed by atoms with Crippen molar-refractivity contribution >= 4 is 0 Å². The highest BCUT2D eigenvalue weighted by atomic mass is 15.5. The molecular weight excluding hydrogens is 314 g/mol. The van der Waals surface area contributed by atoms with E-state index in [4.69, 9.17) is 5.10 Å². The highest BCUT2D eigenvalue weighted by Crippen LogP contribution is 2.28. The molecule has 3 aromatic rings. The van der Waals surface area contributed by atoms with Gasteiger partial charge in [0.25, 0.3) is 0 Å². The van der Waals surface area contributed by atoms with Crippen LogP contribution in [0.4, 0.5) is 0 Å². The third-order valence-corrected chi connectivity index (χ3v) is 4.96. The average Bonchev–Trinajstić information content (AvgIpc) is 3.42. The van der Waals surface area contributed by atoms with Crippen LogP contribution in [0, 0.1) is 0 Å². The summed E-state index contributed by atoms with van der Waals surface area (Å²) in [5.74, 6) is 0. The molecule has 0 spiro atoms. The molecule has 1 N–H and O–H groups in total. The highest BCUT2D eigenvalue weighted by Gasteiger charge is 2.17. The summed E-state index contributed by atoms with van der Waals surface area (Å²) in [7, 11) is 0. The van der Waals surface area contributed by atoms with Crippen molar-refractivity contribution in [2.24, 2.45) is 0 Å². The zero-order valence-electron chi connectivity index (χ0n) is 14.4. The lowest BCUT2D eigenvalue weighted by atomic mass is 10.1. The Kier molecular flexibility index (Phi) is 4.56. The maximum Gasteiger partial charge on any atom is 0.143 e. The zero-order chi connectivity index (χ0) is 17.1. The van der Waals surface area contributed by atoms with Crippen LogP contribution in [0.3, 0.4) is 0 Å². The Labute approximate surface area is 147 Å². The Balaban J connectivity index is 1.35. The second-order valence-electron chi connectivity index (χ2n) is 6.67. The van der Waals surface area contributed by atoms with Gasteiger partial charge in [0.2, 0.25) is 0 Å². The molecule has 2 heterocycles. The van der Waals surface area contributed by atoms with Crippen LogP contribution in [0.2, 0.25) is 0 Å². The third kappa shape index (κ3) is 3.61. The Hall–Kier alpha value is -2.54. The monoisotopic (exact) mass is 337 g/mol. The molecule has 1 unspecified atom stereocenters. The summed E-state index contributed by atoms with van der Waals surface area (Å²) >= 11 is 0. The van der Waals surface area contributed by atoms with Gasteiger partial charge < -0.3 is 5.32 Å². The molecule has 1 fully saturated rings. The third-order valence-electron chi connectivity index (χ3n) is 4.96. The Morgan fingerprint density at radius 2 is 1.96 bits per heavy atom. The first kappa shape index (κ1) is 16.0. The molecule has 4 rings (SSSR count). The Morgan fingerprint density at radius 1 is 1.16 bits per heavy atom. The van der Waals surface area contributed by atoms with Crippen molar-refractivity contribution in [1.82, 2.24) is 35.3 Å². The second-order valence-corrected chi connectivity index (χ2v) is 6.67. The molecule has 2 aromatic heterocycles. The maximum atomic E-state index is 4.73. The van der Waals surface area contributed by atoms with Gasteiger partial charge in [-0.25, -0.2) is 4.68 Å². The van der Waals surface area contributed by atoms with E-state index in [1.165, 1.54) is 31.2 Å². The Morgan fingerprint density at radius 3 is 2.68 bits per heavy atom. The summed E-state index contributed by atoms with van der Waals surface area (Å²) in [5.41, 5.74) is 3.28. The van der Waals surface area contributed by atoms with Gasteiger partial charge in [0, 0.05) is 18.8 Å². The number of rotatable bonds is 6. The van der Waals surface area contributed by atoms with E-state index in [0.29, 0.717) is 6.04 Å². The molecule has 1 atom stereocenters. The molecule has 1 aliphatic rings. The lowest BCUT2D eigenvalue weighted by Crippen LogP contribution is -2.18. The van der Waals surface area contributed by atoms with Crippen LogP contribution in [0.25, 0.3) is 5.69 Å².